The quantitative estimate of drug-likeness (QED) is 0.329. The van der Waals surface area contributed by atoms with Crippen molar-refractivity contribution in [3.8, 4) is 11.3 Å². The lowest BCUT2D eigenvalue weighted by Gasteiger charge is -2.22. The van der Waals surface area contributed by atoms with Crippen LogP contribution in [-0.4, -0.2) is 28.4 Å². The number of aryl methyl sites for hydroxylation is 3. The van der Waals surface area contributed by atoms with E-state index in [-0.39, 0.29) is 5.91 Å². The second-order valence-corrected chi connectivity index (χ2v) is 8.64. The van der Waals surface area contributed by atoms with Gasteiger partial charge in [-0.15, -0.1) is 0 Å². The number of fused-ring (bicyclic) bond motifs is 1. The zero-order valence-electron chi connectivity index (χ0n) is 20.6. The van der Waals surface area contributed by atoms with Crippen LogP contribution in [0.3, 0.4) is 0 Å². The Kier molecular flexibility index (Phi) is 6.82. The van der Waals surface area contributed by atoms with E-state index in [9.17, 15) is 4.79 Å². The van der Waals surface area contributed by atoms with Crippen molar-refractivity contribution in [3.05, 3.63) is 89.3 Å². The minimum atomic E-state index is -0.171. The van der Waals surface area contributed by atoms with E-state index in [2.05, 4.69) is 80.4 Å². The number of hydrogen-bond donors (Lipinski definition) is 1. The summed E-state index contributed by atoms with van der Waals surface area (Å²) in [6.07, 6.45) is 5.43. The van der Waals surface area contributed by atoms with Crippen molar-refractivity contribution in [2.45, 2.75) is 34.6 Å². The lowest BCUT2D eigenvalue weighted by atomic mass is 10.1. The number of benzene rings is 2. The number of amides is 1. The summed E-state index contributed by atoms with van der Waals surface area (Å²) in [5.41, 5.74) is 8.98. The Bertz CT molecular complexity index is 1340. The maximum atomic E-state index is 12.8. The number of hydrogen-bond acceptors (Lipinski definition) is 3. The van der Waals surface area contributed by atoms with Gasteiger partial charge in [0.1, 0.15) is 5.65 Å². The summed E-state index contributed by atoms with van der Waals surface area (Å²) in [5, 5.41) is 3.02. The van der Waals surface area contributed by atoms with Crippen LogP contribution in [0.4, 0.5) is 11.4 Å². The lowest BCUT2D eigenvalue weighted by molar-refractivity contribution is -0.111. The second kappa shape index (κ2) is 9.96. The number of anilines is 2. The Morgan fingerprint density at radius 1 is 0.971 bits per heavy atom. The molecule has 0 unspecified atom stereocenters. The topological polar surface area (TPSA) is 49.6 Å². The van der Waals surface area contributed by atoms with Crippen LogP contribution in [0.2, 0.25) is 0 Å². The van der Waals surface area contributed by atoms with E-state index in [1.807, 2.05) is 35.7 Å². The number of carbonyl (C=O) groups is 1. The summed E-state index contributed by atoms with van der Waals surface area (Å²) in [7, 11) is 0. The normalized spacial score (nSPS) is 11.3. The first-order valence-corrected chi connectivity index (χ1v) is 11.8. The van der Waals surface area contributed by atoms with Gasteiger partial charge in [0, 0.05) is 42.3 Å². The number of pyridine rings is 1. The van der Waals surface area contributed by atoms with E-state index in [0.717, 1.165) is 52.5 Å². The maximum Gasteiger partial charge on any atom is 0.248 e. The van der Waals surface area contributed by atoms with Gasteiger partial charge >= 0.3 is 0 Å². The van der Waals surface area contributed by atoms with Crippen LogP contribution in [0.5, 0.6) is 0 Å². The second-order valence-electron chi connectivity index (χ2n) is 8.64. The Labute approximate surface area is 201 Å². The van der Waals surface area contributed by atoms with Crippen LogP contribution < -0.4 is 10.2 Å². The van der Waals surface area contributed by atoms with Crippen LogP contribution in [0.15, 0.2) is 66.9 Å². The first-order valence-electron chi connectivity index (χ1n) is 11.8. The standard InChI is InChI=1S/C29H32N4O/c1-6-32(7-2)24-12-13-25(22(5)19-24)30-28(34)15-14-26-29(23-10-8-20(3)9-11-23)31-27-18-21(4)16-17-33(26)27/h8-19H,6-7H2,1-5H3,(H,30,34)/b15-14+. The Morgan fingerprint density at radius 3 is 2.38 bits per heavy atom. The Hall–Kier alpha value is -3.86. The molecule has 2 aromatic carbocycles. The fraction of sp³-hybridized carbons (Fsp3) is 0.241. The first kappa shape index (κ1) is 23.3. The first-order chi connectivity index (χ1) is 16.4. The van der Waals surface area contributed by atoms with Crippen LogP contribution in [0.1, 0.15) is 36.2 Å². The number of imidazole rings is 1. The molecular weight excluding hydrogens is 420 g/mol. The average molecular weight is 453 g/mol. The molecule has 0 aliphatic carbocycles. The van der Waals surface area contributed by atoms with Gasteiger partial charge in [0.25, 0.3) is 0 Å². The molecule has 0 saturated carbocycles. The molecule has 1 N–H and O–H groups in total. The molecule has 1 amide bonds. The predicted molar refractivity (Wildman–Crippen MR) is 143 cm³/mol. The summed E-state index contributed by atoms with van der Waals surface area (Å²) in [4.78, 5) is 20.0. The molecule has 0 saturated heterocycles. The highest BCUT2D eigenvalue weighted by atomic mass is 16.1. The van der Waals surface area contributed by atoms with Crippen LogP contribution in [0, 0.1) is 20.8 Å². The van der Waals surface area contributed by atoms with Gasteiger partial charge in [-0.25, -0.2) is 4.98 Å². The Balaban J connectivity index is 1.62. The van der Waals surface area contributed by atoms with E-state index in [4.69, 9.17) is 4.98 Å². The zero-order valence-corrected chi connectivity index (χ0v) is 20.6. The summed E-state index contributed by atoms with van der Waals surface area (Å²) in [5.74, 6) is -0.171. The molecule has 4 aromatic rings. The highest BCUT2D eigenvalue weighted by Gasteiger charge is 2.13. The largest absolute Gasteiger partial charge is 0.372 e. The zero-order chi connectivity index (χ0) is 24.2. The Morgan fingerprint density at radius 2 is 1.71 bits per heavy atom. The van der Waals surface area contributed by atoms with Crippen molar-refractivity contribution in [2.24, 2.45) is 0 Å². The van der Waals surface area contributed by atoms with Crippen LogP contribution in [0.25, 0.3) is 23.0 Å². The number of nitrogens with zero attached hydrogens (tertiary/aromatic N) is 3. The van der Waals surface area contributed by atoms with E-state index in [1.54, 1.807) is 6.08 Å². The molecule has 0 aliphatic heterocycles. The molecule has 5 heteroatoms. The SMILES string of the molecule is CCN(CC)c1ccc(NC(=O)/C=C/c2c(-c3ccc(C)cc3)nc3cc(C)ccn23)c(C)c1. The number of nitrogens with one attached hydrogen (secondary N) is 1. The van der Waals surface area contributed by atoms with Crippen molar-refractivity contribution in [1.82, 2.24) is 9.38 Å². The van der Waals surface area contributed by atoms with Gasteiger partial charge in [-0.1, -0.05) is 29.8 Å². The summed E-state index contributed by atoms with van der Waals surface area (Å²) < 4.78 is 2.02. The van der Waals surface area contributed by atoms with E-state index in [0.29, 0.717) is 0 Å². The predicted octanol–water partition coefficient (Wildman–Crippen LogP) is 6.42. The van der Waals surface area contributed by atoms with Gasteiger partial charge in [0.2, 0.25) is 5.91 Å². The van der Waals surface area contributed by atoms with Crippen LogP contribution in [-0.2, 0) is 4.79 Å². The minimum Gasteiger partial charge on any atom is -0.372 e. The molecule has 0 radical (unpaired) electrons. The van der Waals surface area contributed by atoms with Gasteiger partial charge in [-0.05, 0) is 82.2 Å². The van der Waals surface area contributed by atoms with Gasteiger partial charge in [-0.2, -0.15) is 0 Å². The minimum absolute atomic E-state index is 0.171. The van der Waals surface area contributed by atoms with Crippen LogP contribution >= 0.6 is 0 Å². The van der Waals surface area contributed by atoms with Gasteiger partial charge in [-0.3, -0.25) is 9.20 Å². The molecular formula is C29H32N4O. The number of rotatable bonds is 7. The highest BCUT2D eigenvalue weighted by molar-refractivity contribution is 6.02. The van der Waals surface area contributed by atoms with Gasteiger partial charge < -0.3 is 10.2 Å². The van der Waals surface area contributed by atoms with Gasteiger partial charge in [0.15, 0.2) is 0 Å². The van der Waals surface area contributed by atoms with Crippen molar-refractivity contribution >= 4 is 29.0 Å². The molecule has 5 nitrogen and oxygen atoms in total. The molecule has 0 bridgehead atoms. The smallest absolute Gasteiger partial charge is 0.248 e. The van der Waals surface area contributed by atoms with E-state index in [1.165, 1.54) is 11.3 Å². The molecule has 0 spiro atoms. The van der Waals surface area contributed by atoms with Crippen molar-refractivity contribution < 1.29 is 4.79 Å². The summed E-state index contributed by atoms with van der Waals surface area (Å²) >= 11 is 0. The monoisotopic (exact) mass is 452 g/mol. The average Bonchev–Trinajstić information content (AvgIpc) is 3.18. The van der Waals surface area contributed by atoms with Crippen molar-refractivity contribution in [2.75, 3.05) is 23.3 Å². The fourth-order valence-corrected chi connectivity index (χ4v) is 4.15. The number of carbonyl (C=O) groups excluding carboxylic acids is 1. The molecule has 2 aromatic heterocycles. The third-order valence-corrected chi connectivity index (χ3v) is 6.13. The summed E-state index contributed by atoms with van der Waals surface area (Å²) in [6.45, 7) is 12.3. The molecule has 0 aliphatic rings. The van der Waals surface area contributed by atoms with Crippen molar-refractivity contribution in [1.29, 1.82) is 0 Å². The molecule has 34 heavy (non-hydrogen) atoms. The van der Waals surface area contributed by atoms with Gasteiger partial charge in [0.05, 0.1) is 11.4 Å². The lowest BCUT2D eigenvalue weighted by Crippen LogP contribution is -2.22. The fourth-order valence-electron chi connectivity index (χ4n) is 4.15. The molecule has 2 heterocycles. The molecule has 4 rings (SSSR count). The third-order valence-electron chi connectivity index (χ3n) is 6.13. The highest BCUT2D eigenvalue weighted by Crippen LogP contribution is 2.27. The molecule has 0 fully saturated rings. The summed E-state index contributed by atoms with van der Waals surface area (Å²) in [6, 6.07) is 18.6. The van der Waals surface area contributed by atoms with E-state index >= 15 is 0 Å². The third kappa shape index (κ3) is 4.88. The number of aromatic nitrogens is 2. The molecule has 0 atom stereocenters. The maximum absolute atomic E-state index is 12.8. The van der Waals surface area contributed by atoms with E-state index < -0.39 is 0 Å². The van der Waals surface area contributed by atoms with Crippen molar-refractivity contribution in [3.63, 3.8) is 0 Å². The molecule has 174 valence electrons.